The minimum absolute atomic E-state index is 0.146. The van der Waals surface area contributed by atoms with Crippen LogP contribution in [0.25, 0.3) is 0 Å². The van der Waals surface area contributed by atoms with Gasteiger partial charge in [-0.15, -0.1) is 0 Å². The van der Waals surface area contributed by atoms with Crippen LogP contribution in [0.2, 0.25) is 0 Å². The number of aliphatic hydroxyl groups excluding tert-OH is 3. The van der Waals surface area contributed by atoms with Crippen molar-refractivity contribution >= 4 is 19.8 Å². The summed E-state index contributed by atoms with van der Waals surface area (Å²) in [5.41, 5.74) is 0. The van der Waals surface area contributed by atoms with Gasteiger partial charge in [0.2, 0.25) is 0 Å². The fourth-order valence-electron chi connectivity index (χ4n) is 6.34. The van der Waals surface area contributed by atoms with Gasteiger partial charge in [0.1, 0.15) is 12.7 Å². The van der Waals surface area contributed by atoms with Gasteiger partial charge in [0, 0.05) is 12.8 Å². The van der Waals surface area contributed by atoms with Crippen molar-refractivity contribution in [3.8, 4) is 0 Å². The summed E-state index contributed by atoms with van der Waals surface area (Å²) in [5, 5.41) is 28.3. The average Bonchev–Trinajstić information content (AvgIpc) is 3.22. The Morgan fingerprint density at radius 3 is 1.70 bits per heavy atom. The molecule has 0 aliphatic heterocycles. The maximum absolute atomic E-state index is 12.6. The number of carbonyl (C=O) groups is 2. The van der Waals surface area contributed by atoms with Crippen molar-refractivity contribution in [3.05, 3.63) is 48.6 Å². The van der Waals surface area contributed by atoms with Gasteiger partial charge in [-0.1, -0.05) is 191 Å². The zero-order chi connectivity index (χ0) is 44.4. The van der Waals surface area contributed by atoms with Crippen molar-refractivity contribution in [2.75, 3.05) is 26.4 Å². The normalized spacial score (nSPS) is 14.8. The number of rotatable bonds is 43. The smallest absolute Gasteiger partial charge is 0.462 e. The summed E-state index contributed by atoms with van der Waals surface area (Å²) in [7, 11) is -4.64. The highest BCUT2D eigenvalue weighted by molar-refractivity contribution is 7.47. The Hall–Kier alpha value is -2.11. The molecule has 0 bridgehead atoms. The second kappa shape index (κ2) is 42.2. The van der Waals surface area contributed by atoms with Gasteiger partial charge < -0.3 is 29.7 Å². The largest absolute Gasteiger partial charge is 0.472 e. The van der Waals surface area contributed by atoms with Crippen LogP contribution in [0.1, 0.15) is 194 Å². The lowest BCUT2D eigenvalue weighted by atomic mass is 10.0. The first kappa shape index (κ1) is 57.9. The first-order chi connectivity index (χ1) is 29.0. The minimum atomic E-state index is -4.64. The highest BCUT2D eigenvalue weighted by atomic mass is 31.2. The molecule has 60 heavy (non-hydrogen) atoms. The Balaban J connectivity index is 4.35. The second-order valence-electron chi connectivity index (χ2n) is 16.5. The molecule has 11 nitrogen and oxygen atoms in total. The number of hydrogen-bond acceptors (Lipinski definition) is 10. The van der Waals surface area contributed by atoms with Crippen LogP contribution in [0, 0.1) is 5.92 Å². The van der Waals surface area contributed by atoms with E-state index in [1.807, 2.05) is 36.5 Å². The molecular weight excluding hydrogens is 783 g/mol. The van der Waals surface area contributed by atoms with Crippen LogP contribution in [0.4, 0.5) is 0 Å². The van der Waals surface area contributed by atoms with E-state index >= 15 is 0 Å². The number of allylic oxidation sites excluding steroid dienone is 7. The number of phosphoric ester groups is 1. The fourth-order valence-corrected chi connectivity index (χ4v) is 7.13. The molecule has 0 aliphatic carbocycles. The maximum atomic E-state index is 12.6. The number of carbonyl (C=O) groups excluding carboxylic acids is 2. The number of aliphatic hydroxyl groups is 3. The van der Waals surface area contributed by atoms with Crippen LogP contribution in [0.5, 0.6) is 0 Å². The van der Waals surface area contributed by atoms with E-state index < -0.39 is 51.8 Å². The minimum Gasteiger partial charge on any atom is -0.462 e. The number of hydrogen-bond donors (Lipinski definition) is 4. The molecule has 0 radical (unpaired) electrons. The average molecular weight is 871 g/mol. The topological polar surface area (TPSA) is 169 Å². The summed E-state index contributed by atoms with van der Waals surface area (Å²) >= 11 is 0. The zero-order valence-electron chi connectivity index (χ0n) is 37.9. The van der Waals surface area contributed by atoms with Crippen LogP contribution < -0.4 is 0 Å². The monoisotopic (exact) mass is 871 g/mol. The molecule has 0 spiro atoms. The van der Waals surface area contributed by atoms with E-state index in [2.05, 4.69) is 37.4 Å². The van der Waals surface area contributed by atoms with Crippen LogP contribution in [-0.4, -0.2) is 76.9 Å². The highest BCUT2D eigenvalue weighted by Gasteiger charge is 2.27. The molecule has 4 N–H and O–H groups in total. The van der Waals surface area contributed by atoms with Crippen molar-refractivity contribution in [2.45, 2.75) is 212 Å². The number of esters is 2. The molecule has 0 aromatic heterocycles. The summed E-state index contributed by atoms with van der Waals surface area (Å²) in [4.78, 5) is 35.1. The van der Waals surface area contributed by atoms with E-state index in [1.54, 1.807) is 0 Å². The van der Waals surface area contributed by atoms with Gasteiger partial charge in [-0.3, -0.25) is 18.6 Å². The molecule has 0 saturated carbocycles. The van der Waals surface area contributed by atoms with Gasteiger partial charge in [-0.2, -0.15) is 0 Å². The number of phosphoric acid groups is 1. The molecule has 350 valence electrons. The zero-order valence-corrected chi connectivity index (χ0v) is 38.8. The number of ether oxygens (including phenoxy) is 2. The summed E-state index contributed by atoms with van der Waals surface area (Å²) in [6.07, 6.45) is 41.2. The molecule has 0 aromatic carbocycles. The quantitative estimate of drug-likeness (QED) is 0.0151. The molecule has 0 rings (SSSR count). The van der Waals surface area contributed by atoms with E-state index in [1.165, 1.54) is 83.5 Å². The Bertz CT molecular complexity index is 1170. The summed E-state index contributed by atoms with van der Waals surface area (Å²) in [5.74, 6) is -0.185. The highest BCUT2D eigenvalue weighted by Crippen LogP contribution is 2.43. The SMILES string of the molecule is CCCCC[C@@H](O)/C=C/C=C\C/C=C\C/C=C\CCCC(=O)OC[C@H](COP(=O)(O)OC[C@@H](O)CO)OC(=O)CCCCCCCCCCCCCCCCCCC(C)C. The Kier molecular flexibility index (Phi) is 40.7. The molecule has 12 heteroatoms. The Morgan fingerprint density at radius 1 is 0.600 bits per heavy atom. The van der Waals surface area contributed by atoms with Crippen LogP contribution in [-0.2, 0) is 32.7 Å². The predicted molar refractivity (Wildman–Crippen MR) is 243 cm³/mol. The molecule has 0 amide bonds. The third kappa shape index (κ3) is 42.6. The molecule has 0 heterocycles. The third-order valence-electron chi connectivity index (χ3n) is 10.0. The molecule has 0 saturated heterocycles. The molecular formula is C48H87O11P. The summed E-state index contributed by atoms with van der Waals surface area (Å²) in [6, 6.07) is 0. The summed E-state index contributed by atoms with van der Waals surface area (Å²) < 4.78 is 32.7. The standard InChI is InChI=1S/C48H87O11P/c1-4-5-29-35-44(50)36-31-26-22-18-14-12-16-19-23-27-32-37-47(52)56-41-46(42-58-60(54,55)57-40-45(51)39-49)59-48(53)38-33-28-24-20-15-11-9-7-6-8-10-13-17-21-25-30-34-43(2)3/h12,14,19,22-23,26,31,36,43-46,49-51H,4-11,13,15-18,20-21,24-25,27-30,32-35,37-42H2,1-3H3,(H,54,55)/b14-12-,23-19-,26-22-,36-31+/t44-,45+,46-/m1/s1. The Morgan fingerprint density at radius 2 is 1.12 bits per heavy atom. The van der Waals surface area contributed by atoms with Crippen molar-refractivity contribution in [1.82, 2.24) is 0 Å². The Labute approximate surface area is 365 Å². The van der Waals surface area contributed by atoms with Crippen molar-refractivity contribution in [3.63, 3.8) is 0 Å². The second-order valence-corrected chi connectivity index (χ2v) is 17.9. The van der Waals surface area contributed by atoms with Gasteiger partial charge in [-0.05, 0) is 44.4 Å². The van der Waals surface area contributed by atoms with Gasteiger partial charge in [-0.25, -0.2) is 4.57 Å². The lowest BCUT2D eigenvalue weighted by Gasteiger charge is -2.20. The predicted octanol–water partition coefficient (Wildman–Crippen LogP) is 11.7. The van der Waals surface area contributed by atoms with Crippen molar-refractivity contribution in [2.24, 2.45) is 5.92 Å². The molecule has 0 aromatic rings. The van der Waals surface area contributed by atoms with E-state index in [0.29, 0.717) is 19.3 Å². The van der Waals surface area contributed by atoms with Gasteiger partial charge in [0.05, 0.1) is 25.9 Å². The lowest BCUT2D eigenvalue weighted by Crippen LogP contribution is -2.29. The van der Waals surface area contributed by atoms with Crippen molar-refractivity contribution < 1.29 is 52.9 Å². The number of unbranched alkanes of at least 4 members (excludes halogenated alkanes) is 18. The molecule has 1 unspecified atom stereocenters. The first-order valence-electron chi connectivity index (χ1n) is 23.6. The lowest BCUT2D eigenvalue weighted by molar-refractivity contribution is -0.161. The van der Waals surface area contributed by atoms with Crippen LogP contribution in [0.15, 0.2) is 48.6 Å². The maximum Gasteiger partial charge on any atom is 0.472 e. The van der Waals surface area contributed by atoms with E-state index in [4.69, 9.17) is 19.1 Å². The molecule has 4 atom stereocenters. The summed E-state index contributed by atoms with van der Waals surface area (Å²) in [6.45, 7) is 4.54. The van der Waals surface area contributed by atoms with Gasteiger partial charge in [0.15, 0.2) is 6.10 Å². The van der Waals surface area contributed by atoms with Gasteiger partial charge in [0.25, 0.3) is 0 Å². The van der Waals surface area contributed by atoms with Crippen molar-refractivity contribution in [1.29, 1.82) is 0 Å². The van der Waals surface area contributed by atoms with Crippen LogP contribution in [0.3, 0.4) is 0 Å². The molecule has 0 fully saturated rings. The van der Waals surface area contributed by atoms with Crippen LogP contribution >= 0.6 is 7.82 Å². The van der Waals surface area contributed by atoms with Gasteiger partial charge >= 0.3 is 19.8 Å². The van der Waals surface area contributed by atoms with E-state index in [-0.39, 0.29) is 25.6 Å². The first-order valence-corrected chi connectivity index (χ1v) is 25.1. The van der Waals surface area contributed by atoms with E-state index in [0.717, 1.165) is 63.7 Å². The van der Waals surface area contributed by atoms with E-state index in [9.17, 15) is 29.3 Å². The fraction of sp³-hybridized carbons (Fsp3) is 0.792. The third-order valence-corrected chi connectivity index (χ3v) is 11.0. The molecule has 0 aliphatic rings.